The first kappa shape index (κ1) is 12.6. The van der Waals surface area contributed by atoms with Gasteiger partial charge in [0, 0.05) is 5.56 Å². The molecule has 1 N–H and O–H groups in total. The molecule has 2 rings (SSSR count). The number of nitrogens with one attached hydrogen (secondary N) is 1. The standard InChI is InChI=1S/C13H16N2O3/c1-10-4-2-5-11(8-10)13(17)14-9-12(16)15-6-3-7-18-15/h2,4-5,8H,3,6-7,9H2,1H3,(H,14,17). The fourth-order valence-electron chi connectivity index (χ4n) is 1.78. The number of amides is 2. The molecule has 1 aliphatic rings. The molecule has 0 atom stereocenters. The molecule has 0 saturated carbocycles. The van der Waals surface area contributed by atoms with Crippen molar-refractivity contribution in [3.63, 3.8) is 0 Å². The SMILES string of the molecule is Cc1cccc(C(=O)NCC(=O)N2CCCO2)c1. The molecule has 18 heavy (non-hydrogen) atoms. The Morgan fingerprint density at radius 3 is 2.94 bits per heavy atom. The minimum Gasteiger partial charge on any atom is -0.343 e. The van der Waals surface area contributed by atoms with Crippen LogP contribution in [0.3, 0.4) is 0 Å². The Balaban J connectivity index is 1.86. The molecule has 2 amide bonds. The Morgan fingerprint density at radius 2 is 2.28 bits per heavy atom. The van der Waals surface area contributed by atoms with E-state index < -0.39 is 0 Å². The molecule has 1 aliphatic heterocycles. The van der Waals surface area contributed by atoms with E-state index in [0.29, 0.717) is 18.7 Å². The zero-order chi connectivity index (χ0) is 13.0. The lowest BCUT2D eigenvalue weighted by Crippen LogP contribution is -2.38. The van der Waals surface area contributed by atoms with Gasteiger partial charge in [0.2, 0.25) is 0 Å². The molecule has 5 heteroatoms. The van der Waals surface area contributed by atoms with Gasteiger partial charge in [-0.15, -0.1) is 0 Å². The summed E-state index contributed by atoms with van der Waals surface area (Å²) in [5, 5.41) is 3.89. The van der Waals surface area contributed by atoms with E-state index in [0.717, 1.165) is 12.0 Å². The van der Waals surface area contributed by atoms with E-state index in [2.05, 4.69) is 5.32 Å². The highest BCUT2D eigenvalue weighted by Gasteiger charge is 2.19. The van der Waals surface area contributed by atoms with Gasteiger partial charge in [-0.1, -0.05) is 17.7 Å². The summed E-state index contributed by atoms with van der Waals surface area (Å²) in [7, 11) is 0. The number of aryl methyl sites for hydroxylation is 1. The molecule has 1 heterocycles. The average Bonchev–Trinajstić information content (AvgIpc) is 2.89. The van der Waals surface area contributed by atoms with Crippen LogP contribution in [0, 0.1) is 6.92 Å². The van der Waals surface area contributed by atoms with Gasteiger partial charge in [-0.05, 0) is 25.5 Å². The van der Waals surface area contributed by atoms with Crippen molar-refractivity contribution in [3.05, 3.63) is 35.4 Å². The molecule has 1 aromatic carbocycles. The van der Waals surface area contributed by atoms with Crippen LogP contribution in [-0.4, -0.2) is 36.6 Å². The quantitative estimate of drug-likeness (QED) is 0.864. The smallest absolute Gasteiger partial charge is 0.265 e. The number of carbonyl (C=O) groups excluding carboxylic acids is 2. The van der Waals surface area contributed by atoms with Gasteiger partial charge in [0.1, 0.15) is 0 Å². The first-order valence-corrected chi connectivity index (χ1v) is 5.95. The van der Waals surface area contributed by atoms with Crippen LogP contribution in [0.25, 0.3) is 0 Å². The highest BCUT2D eigenvalue weighted by atomic mass is 16.7. The lowest BCUT2D eigenvalue weighted by molar-refractivity contribution is -0.167. The number of hydrogen-bond donors (Lipinski definition) is 1. The number of benzene rings is 1. The van der Waals surface area contributed by atoms with Gasteiger partial charge < -0.3 is 5.32 Å². The van der Waals surface area contributed by atoms with Crippen molar-refractivity contribution in [2.45, 2.75) is 13.3 Å². The maximum atomic E-state index is 11.8. The molecule has 0 spiro atoms. The van der Waals surface area contributed by atoms with Crippen molar-refractivity contribution in [2.75, 3.05) is 19.7 Å². The normalized spacial score (nSPS) is 14.6. The highest BCUT2D eigenvalue weighted by Crippen LogP contribution is 2.05. The van der Waals surface area contributed by atoms with Gasteiger partial charge in [0.25, 0.3) is 11.8 Å². The van der Waals surface area contributed by atoms with E-state index in [4.69, 9.17) is 4.84 Å². The second-order valence-corrected chi connectivity index (χ2v) is 4.23. The molecule has 0 unspecified atom stereocenters. The summed E-state index contributed by atoms with van der Waals surface area (Å²) < 4.78 is 0. The Bertz CT molecular complexity index is 453. The molecule has 1 saturated heterocycles. The van der Waals surface area contributed by atoms with Crippen LogP contribution in [0.4, 0.5) is 0 Å². The lowest BCUT2D eigenvalue weighted by atomic mass is 10.1. The molecule has 1 fully saturated rings. The fourth-order valence-corrected chi connectivity index (χ4v) is 1.78. The number of carbonyl (C=O) groups is 2. The van der Waals surface area contributed by atoms with Gasteiger partial charge in [-0.25, -0.2) is 5.06 Å². The topological polar surface area (TPSA) is 58.6 Å². The maximum Gasteiger partial charge on any atom is 0.265 e. The van der Waals surface area contributed by atoms with Crippen LogP contribution in [0.1, 0.15) is 22.3 Å². The van der Waals surface area contributed by atoms with Gasteiger partial charge in [-0.2, -0.15) is 0 Å². The van der Waals surface area contributed by atoms with Crippen molar-refractivity contribution in [1.82, 2.24) is 10.4 Å². The van der Waals surface area contributed by atoms with Crippen molar-refractivity contribution >= 4 is 11.8 Å². The number of hydroxylamine groups is 2. The van der Waals surface area contributed by atoms with Crippen molar-refractivity contribution < 1.29 is 14.4 Å². The third-order valence-electron chi connectivity index (χ3n) is 2.71. The summed E-state index contributed by atoms with van der Waals surface area (Å²) in [6, 6.07) is 7.24. The number of hydrogen-bond acceptors (Lipinski definition) is 3. The second-order valence-electron chi connectivity index (χ2n) is 4.23. The van der Waals surface area contributed by atoms with Crippen molar-refractivity contribution in [3.8, 4) is 0 Å². The lowest BCUT2D eigenvalue weighted by Gasteiger charge is -2.14. The van der Waals surface area contributed by atoms with Crippen LogP contribution in [0.15, 0.2) is 24.3 Å². The summed E-state index contributed by atoms with van der Waals surface area (Å²) in [5.74, 6) is -0.459. The summed E-state index contributed by atoms with van der Waals surface area (Å²) in [4.78, 5) is 28.5. The van der Waals surface area contributed by atoms with Crippen LogP contribution in [-0.2, 0) is 9.63 Å². The molecule has 0 radical (unpaired) electrons. The summed E-state index contributed by atoms with van der Waals surface area (Å²) in [5.41, 5.74) is 1.57. The first-order valence-electron chi connectivity index (χ1n) is 5.95. The van der Waals surface area contributed by atoms with Gasteiger partial charge in [0.05, 0.1) is 19.7 Å². The monoisotopic (exact) mass is 248 g/mol. The minimum absolute atomic E-state index is 0.0349. The number of rotatable bonds is 3. The van der Waals surface area contributed by atoms with Gasteiger partial charge in [-0.3, -0.25) is 14.4 Å². The second kappa shape index (κ2) is 5.64. The van der Waals surface area contributed by atoms with Crippen LogP contribution < -0.4 is 5.32 Å². The van der Waals surface area contributed by atoms with Gasteiger partial charge >= 0.3 is 0 Å². The van der Waals surface area contributed by atoms with E-state index in [1.54, 1.807) is 12.1 Å². The van der Waals surface area contributed by atoms with Crippen LogP contribution >= 0.6 is 0 Å². The van der Waals surface area contributed by atoms with E-state index in [1.165, 1.54) is 5.06 Å². The van der Waals surface area contributed by atoms with E-state index in [1.807, 2.05) is 19.1 Å². The molecule has 0 aromatic heterocycles. The zero-order valence-electron chi connectivity index (χ0n) is 10.3. The molecule has 5 nitrogen and oxygen atoms in total. The number of nitrogens with zero attached hydrogens (tertiary/aromatic N) is 1. The van der Waals surface area contributed by atoms with Crippen LogP contribution in [0.2, 0.25) is 0 Å². The summed E-state index contributed by atoms with van der Waals surface area (Å²) in [6.45, 7) is 3.05. The molecule has 0 bridgehead atoms. The molecular weight excluding hydrogens is 232 g/mol. The predicted octanol–water partition coefficient (Wildman–Crippen LogP) is 0.889. The third-order valence-corrected chi connectivity index (χ3v) is 2.71. The van der Waals surface area contributed by atoms with Crippen molar-refractivity contribution in [1.29, 1.82) is 0 Å². The predicted molar refractivity (Wildman–Crippen MR) is 65.8 cm³/mol. The summed E-state index contributed by atoms with van der Waals surface area (Å²) in [6.07, 6.45) is 0.845. The average molecular weight is 248 g/mol. The van der Waals surface area contributed by atoms with E-state index in [9.17, 15) is 9.59 Å². The van der Waals surface area contributed by atoms with E-state index >= 15 is 0 Å². The highest BCUT2D eigenvalue weighted by molar-refractivity contribution is 5.96. The Labute approximate surface area is 106 Å². The molecular formula is C13H16N2O3. The fraction of sp³-hybridized carbons (Fsp3) is 0.385. The van der Waals surface area contributed by atoms with Crippen LogP contribution in [0.5, 0.6) is 0 Å². The molecule has 96 valence electrons. The third kappa shape index (κ3) is 3.07. The molecule has 0 aliphatic carbocycles. The zero-order valence-corrected chi connectivity index (χ0v) is 10.3. The largest absolute Gasteiger partial charge is 0.343 e. The molecule has 1 aromatic rings. The van der Waals surface area contributed by atoms with Gasteiger partial charge in [0.15, 0.2) is 0 Å². The Hall–Kier alpha value is -1.88. The summed E-state index contributed by atoms with van der Waals surface area (Å²) >= 11 is 0. The Kier molecular flexibility index (Phi) is 3.94. The first-order chi connectivity index (χ1) is 8.66. The maximum absolute atomic E-state index is 11.8. The Morgan fingerprint density at radius 1 is 1.44 bits per heavy atom. The van der Waals surface area contributed by atoms with E-state index in [-0.39, 0.29) is 18.4 Å². The van der Waals surface area contributed by atoms with Crippen molar-refractivity contribution in [2.24, 2.45) is 0 Å². The minimum atomic E-state index is -0.244.